The summed E-state index contributed by atoms with van der Waals surface area (Å²) >= 11 is 0. The van der Waals surface area contributed by atoms with Crippen LogP contribution in [-0.2, 0) is 0 Å². The number of aliphatic hydroxyl groups excluding tert-OH is 1. The number of carbonyl (C=O) groups is 1. The number of aliphatic hydroxyl groups is 1. The van der Waals surface area contributed by atoms with Crippen LogP contribution in [0, 0.1) is 13.8 Å². The average molecular weight is 314 g/mol. The number of nitrogens with one attached hydrogen (secondary N) is 1. The summed E-state index contributed by atoms with van der Waals surface area (Å²) in [7, 11) is 0. The van der Waals surface area contributed by atoms with Crippen LogP contribution in [-0.4, -0.2) is 45.0 Å². The molecule has 0 saturated carbocycles. The SMILES string of the molecule is Cc1nn(-c2ccccc2)c(C)c1NC(=O)N1CCC[C@H]1CO. The molecule has 1 atom stereocenters. The Balaban J connectivity index is 1.84. The van der Waals surface area contributed by atoms with Crippen LogP contribution in [0.25, 0.3) is 5.69 Å². The first-order valence-corrected chi connectivity index (χ1v) is 7.92. The molecule has 0 bridgehead atoms. The molecule has 6 nitrogen and oxygen atoms in total. The number of aromatic nitrogens is 2. The molecule has 0 unspecified atom stereocenters. The van der Waals surface area contributed by atoms with E-state index in [4.69, 9.17) is 0 Å². The van der Waals surface area contributed by atoms with Crippen LogP contribution < -0.4 is 5.32 Å². The van der Waals surface area contributed by atoms with E-state index in [1.54, 1.807) is 4.90 Å². The van der Waals surface area contributed by atoms with Gasteiger partial charge in [0, 0.05) is 6.54 Å². The molecular formula is C17H22N4O2. The van der Waals surface area contributed by atoms with Crippen molar-refractivity contribution in [3.05, 3.63) is 41.7 Å². The van der Waals surface area contributed by atoms with Gasteiger partial charge in [-0.25, -0.2) is 9.48 Å². The second kappa shape index (κ2) is 6.42. The molecule has 1 aromatic heterocycles. The fourth-order valence-corrected chi connectivity index (χ4v) is 3.12. The number of nitrogens with zero attached hydrogens (tertiary/aromatic N) is 3. The number of urea groups is 1. The van der Waals surface area contributed by atoms with Crippen molar-refractivity contribution < 1.29 is 9.90 Å². The molecule has 1 aliphatic rings. The van der Waals surface area contributed by atoms with Crippen LogP contribution in [0.1, 0.15) is 24.2 Å². The predicted octanol–water partition coefficient (Wildman–Crippen LogP) is 2.48. The van der Waals surface area contributed by atoms with E-state index in [0.717, 1.165) is 35.6 Å². The minimum Gasteiger partial charge on any atom is -0.394 e. The van der Waals surface area contributed by atoms with E-state index in [2.05, 4.69) is 10.4 Å². The summed E-state index contributed by atoms with van der Waals surface area (Å²) in [6.45, 7) is 4.52. The van der Waals surface area contributed by atoms with Gasteiger partial charge in [-0.3, -0.25) is 0 Å². The van der Waals surface area contributed by atoms with E-state index in [9.17, 15) is 9.90 Å². The van der Waals surface area contributed by atoms with Crippen molar-refractivity contribution >= 4 is 11.7 Å². The molecule has 0 aliphatic carbocycles. The number of amides is 2. The van der Waals surface area contributed by atoms with Crippen LogP contribution in [0.2, 0.25) is 0 Å². The van der Waals surface area contributed by atoms with Crippen LogP contribution in [0.3, 0.4) is 0 Å². The maximum Gasteiger partial charge on any atom is 0.322 e. The number of hydrogen-bond donors (Lipinski definition) is 2. The summed E-state index contributed by atoms with van der Waals surface area (Å²) in [5, 5.41) is 16.9. The quantitative estimate of drug-likeness (QED) is 0.914. The highest BCUT2D eigenvalue weighted by atomic mass is 16.3. The maximum atomic E-state index is 12.5. The van der Waals surface area contributed by atoms with Crippen molar-refractivity contribution in [2.75, 3.05) is 18.5 Å². The zero-order valence-corrected chi connectivity index (χ0v) is 13.5. The number of likely N-dealkylation sites (tertiary alicyclic amines) is 1. The molecule has 122 valence electrons. The van der Waals surface area contributed by atoms with Gasteiger partial charge < -0.3 is 15.3 Å². The van der Waals surface area contributed by atoms with Crippen molar-refractivity contribution in [3.8, 4) is 5.69 Å². The lowest BCUT2D eigenvalue weighted by Crippen LogP contribution is -2.40. The maximum absolute atomic E-state index is 12.5. The summed E-state index contributed by atoms with van der Waals surface area (Å²) in [4.78, 5) is 14.2. The third-order valence-corrected chi connectivity index (χ3v) is 4.37. The van der Waals surface area contributed by atoms with Gasteiger partial charge in [-0.05, 0) is 38.8 Å². The zero-order valence-electron chi connectivity index (χ0n) is 13.5. The lowest BCUT2D eigenvalue weighted by atomic mass is 10.2. The Bertz CT molecular complexity index is 696. The summed E-state index contributed by atoms with van der Waals surface area (Å²) in [6, 6.07) is 9.58. The third-order valence-electron chi connectivity index (χ3n) is 4.37. The van der Waals surface area contributed by atoms with Crippen molar-refractivity contribution in [2.24, 2.45) is 0 Å². The van der Waals surface area contributed by atoms with Crippen molar-refractivity contribution in [3.63, 3.8) is 0 Å². The second-order valence-electron chi connectivity index (χ2n) is 5.90. The first kappa shape index (κ1) is 15.6. The van der Waals surface area contributed by atoms with Gasteiger partial charge >= 0.3 is 6.03 Å². The Morgan fingerprint density at radius 3 is 2.78 bits per heavy atom. The van der Waals surface area contributed by atoms with Crippen LogP contribution in [0.5, 0.6) is 0 Å². The molecule has 3 rings (SSSR count). The minimum atomic E-state index is -0.166. The van der Waals surface area contributed by atoms with Gasteiger partial charge in [-0.1, -0.05) is 18.2 Å². The molecule has 1 aromatic carbocycles. The Morgan fingerprint density at radius 1 is 1.35 bits per heavy atom. The van der Waals surface area contributed by atoms with Crippen LogP contribution in [0.15, 0.2) is 30.3 Å². The number of aryl methyl sites for hydroxylation is 1. The summed E-state index contributed by atoms with van der Waals surface area (Å²) < 4.78 is 1.83. The molecule has 2 amide bonds. The highest BCUT2D eigenvalue weighted by Crippen LogP contribution is 2.24. The molecule has 23 heavy (non-hydrogen) atoms. The lowest BCUT2D eigenvalue weighted by molar-refractivity contribution is 0.166. The van der Waals surface area contributed by atoms with E-state index in [1.165, 1.54) is 0 Å². The Hall–Kier alpha value is -2.34. The van der Waals surface area contributed by atoms with Gasteiger partial charge in [0.25, 0.3) is 0 Å². The average Bonchev–Trinajstić information content (AvgIpc) is 3.15. The Labute approximate surface area is 135 Å². The second-order valence-corrected chi connectivity index (χ2v) is 5.90. The summed E-state index contributed by atoms with van der Waals surface area (Å²) in [6.07, 6.45) is 1.78. The number of benzene rings is 1. The van der Waals surface area contributed by atoms with Gasteiger partial charge in [-0.2, -0.15) is 5.10 Å². The van der Waals surface area contributed by atoms with Crippen molar-refractivity contribution in [1.82, 2.24) is 14.7 Å². The number of hydrogen-bond acceptors (Lipinski definition) is 3. The fraction of sp³-hybridized carbons (Fsp3) is 0.412. The first-order valence-electron chi connectivity index (χ1n) is 7.92. The fourth-order valence-electron chi connectivity index (χ4n) is 3.12. The molecule has 1 fully saturated rings. The van der Waals surface area contributed by atoms with Gasteiger partial charge in [0.15, 0.2) is 0 Å². The molecular weight excluding hydrogens is 292 g/mol. The molecule has 1 aliphatic heterocycles. The smallest absolute Gasteiger partial charge is 0.322 e. The van der Waals surface area contributed by atoms with Gasteiger partial charge in [0.05, 0.1) is 35.4 Å². The summed E-state index contributed by atoms with van der Waals surface area (Å²) in [5.74, 6) is 0. The Morgan fingerprint density at radius 2 is 2.09 bits per heavy atom. The minimum absolute atomic E-state index is 0.00859. The summed E-state index contributed by atoms with van der Waals surface area (Å²) in [5.41, 5.74) is 3.37. The van der Waals surface area contributed by atoms with Gasteiger partial charge in [0.1, 0.15) is 0 Å². The zero-order chi connectivity index (χ0) is 16.4. The number of anilines is 1. The molecule has 1 saturated heterocycles. The molecule has 0 radical (unpaired) electrons. The van der Waals surface area contributed by atoms with Crippen LogP contribution >= 0.6 is 0 Å². The van der Waals surface area contributed by atoms with E-state index in [-0.39, 0.29) is 18.7 Å². The first-order chi connectivity index (χ1) is 11.1. The molecule has 2 aromatic rings. The Kier molecular flexibility index (Phi) is 4.34. The normalized spacial score (nSPS) is 17.5. The topological polar surface area (TPSA) is 70.4 Å². The largest absolute Gasteiger partial charge is 0.394 e. The van der Waals surface area contributed by atoms with Crippen molar-refractivity contribution in [2.45, 2.75) is 32.7 Å². The lowest BCUT2D eigenvalue weighted by Gasteiger charge is -2.23. The van der Waals surface area contributed by atoms with E-state index in [1.807, 2.05) is 48.9 Å². The molecule has 6 heteroatoms. The van der Waals surface area contributed by atoms with Crippen molar-refractivity contribution in [1.29, 1.82) is 0 Å². The standard InChI is InChI=1S/C17H22N4O2/c1-12-16(18-17(23)20-10-6-9-15(20)11-22)13(2)21(19-12)14-7-4-3-5-8-14/h3-5,7-8,15,22H,6,9-11H2,1-2H3,(H,18,23)/t15-/m0/s1. The monoisotopic (exact) mass is 314 g/mol. The highest BCUT2D eigenvalue weighted by Gasteiger charge is 2.29. The number of rotatable bonds is 3. The number of para-hydroxylation sites is 1. The van der Waals surface area contributed by atoms with Gasteiger partial charge in [-0.15, -0.1) is 0 Å². The number of carbonyl (C=O) groups excluding carboxylic acids is 1. The predicted molar refractivity (Wildman–Crippen MR) is 88.9 cm³/mol. The van der Waals surface area contributed by atoms with Crippen LogP contribution in [0.4, 0.5) is 10.5 Å². The molecule has 2 heterocycles. The van der Waals surface area contributed by atoms with E-state index >= 15 is 0 Å². The third kappa shape index (κ3) is 2.94. The van der Waals surface area contributed by atoms with E-state index < -0.39 is 0 Å². The molecule has 0 spiro atoms. The van der Waals surface area contributed by atoms with Gasteiger partial charge in [0.2, 0.25) is 0 Å². The molecule has 2 N–H and O–H groups in total. The van der Waals surface area contributed by atoms with E-state index in [0.29, 0.717) is 6.54 Å². The highest BCUT2D eigenvalue weighted by molar-refractivity contribution is 5.91.